The average molecular weight is 444 g/mol. The number of aromatic nitrogens is 3. The maximum absolute atomic E-state index is 12.2. The molecule has 1 aliphatic rings. The number of carbonyl (C=O) groups is 1. The molecule has 1 saturated heterocycles. The first-order valence-corrected chi connectivity index (χ1v) is 10.5. The van der Waals surface area contributed by atoms with E-state index in [1.165, 1.54) is 26.0 Å². The molecule has 0 bridgehead atoms. The van der Waals surface area contributed by atoms with Gasteiger partial charge in [0.1, 0.15) is 11.7 Å². The van der Waals surface area contributed by atoms with Crippen molar-refractivity contribution < 1.29 is 14.3 Å². The van der Waals surface area contributed by atoms with Crippen molar-refractivity contribution >= 4 is 40.3 Å². The molecule has 8 nitrogen and oxygen atoms in total. The van der Waals surface area contributed by atoms with Gasteiger partial charge in [-0.2, -0.15) is 5.26 Å². The van der Waals surface area contributed by atoms with Gasteiger partial charge in [0.15, 0.2) is 16.7 Å². The van der Waals surface area contributed by atoms with Gasteiger partial charge in [0.2, 0.25) is 5.91 Å². The summed E-state index contributed by atoms with van der Waals surface area (Å²) < 4.78 is 10.7. The molecule has 2 aromatic heterocycles. The molecule has 0 atom stereocenters. The van der Waals surface area contributed by atoms with E-state index in [1.807, 2.05) is 0 Å². The van der Waals surface area contributed by atoms with Crippen LogP contribution in [0.1, 0.15) is 12.0 Å². The van der Waals surface area contributed by atoms with Gasteiger partial charge < -0.3 is 19.4 Å². The molecule has 0 unspecified atom stereocenters. The Kier molecular flexibility index (Phi) is 5.70. The molecule has 0 saturated carbocycles. The molecule has 154 valence electrons. The van der Waals surface area contributed by atoms with E-state index in [4.69, 9.17) is 21.1 Å². The average Bonchev–Trinajstić information content (AvgIpc) is 3.13. The maximum atomic E-state index is 12.2. The van der Waals surface area contributed by atoms with E-state index in [0.29, 0.717) is 49.5 Å². The predicted octanol–water partition coefficient (Wildman–Crippen LogP) is 3.49. The first-order valence-electron chi connectivity index (χ1n) is 9.17. The molecule has 3 heterocycles. The van der Waals surface area contributed by atoms with E-state index < -0.39 is 0 Å². The van der Waals surface area contributed by atoms with Gasteiger partial charge in [-0.25, -0.2) is 9.97 Å². The molecule has 1 aliphatic heterocycles. The first kappa shape index (κ1) is 20.3. The molecule has 3 aromatic rings. The highest BCUT2D eigenvalue weighted by atomic mass is 35.5. The van der Waals surface area contributed by atoms with Crippen molar-refractivity contribution in [1.82, 2.24) is 19.9 Å². The molecule has 0 radical (unpaired) electrons. The van der Waals surface area contributed by atoms with Crippen LogP contribution in [0.5, 0.6) is 11.5 Å². The molecule has 1 amide bonds. The second kappa shape index (κ2) is 8.42. The molecule has 1 fully saturated rings. The summed E-state index contributed by atoms with van der Waals surface area (Å²) in [6, 6.07) is 5.51. The number of carbonyl (C=O) groups excluding carboxylic acids is 1. The van der Waals surface area contributed by atoms with Crippen molar-refractivity contribution in [3.8, 4) is 28.8 Å². The van der Waals surface area contributed by atoms with Gasteiger partial charge in [-0.1, -0.05) is 23.4 Å². The largest absolute Gasteiger partial charge is 0.493 e. The lowest BCUT2D eigenvalue weighted by molar-refractivity contribution is -0.131. The van der Waals surface area contributed by atoms with E-state index >= 15 is 0 Å². The number of likely N-dealkylation sites (tertiary alicyclic amines) is 1. The van der Waals surface area contributed by atoms with Crippen LogP contribution in [-0.2, 0) is 4.79 Å². The smallest absolute Gasteiger partial charge is 0.233 e. The second-order valence-corrected chi connectivity index (χ2v) is 7.95. The molecular formula is C20H18ClN5O3S. The summed E-state index contributed by atoms with van der Waals surface area (Å²) in [5, 5.41) is 10.9. The zero-order valence-corrected chi connectivity index (χ0v) is 17.9. The molecule has 0 aliphatic carbocycles. The third-order valence-electron chi connectivity index (χ3n) is 4.89. The number of ether oxygens (including phenoxy) is 2. The highest BCUT2D eigenvalue weighted by Crippen LogP contribution is 2.41. The minimum Gasteiger partial charge on any atom is -0.493 e. The first-order chi connectivity index (χ1) is 14.5. The number of nitrogens with zero attached hydrogens (tertiary/aromatic N) is 4. The summed E-state index contributed by atoms with van der Waals surface area (Å²) in [4.78, 5) is 26.2. The van der Waals surface area contributed by atoms with Gasteiger partial charge in [-0.05, 0) is 12.5 Å². The fraction of sp³-hybridized carbons (Fsp3) is 0.300. The summed E-state index contributed by atoms with van der Waals surface area (Å²) in [7, 11) is 3.06. The predicted molar refractivity (Wildman–Crippen MR) is 114 cm³/mol. The lowest BCUT2D eigenvalue weighted by Crippen LogP contribution is -2.43. The lowest BCUT2D eigenvalue weighted by Gasteiger charge is -2.30. The number of benzene rings is 1. The second-order valence-electron chi connectivity index (χ2n) is 6.60. The van der Waals surface area contributed by atoms with Crippen LogP contribution in [0.15, 0.2) is 23.5 Å². The number of hydrogen-bond donors (Lipinski definition) is 1. The molecule has 30 heavy (non-hydrogen) atoms. The normalized spacial score (nSPS) is 13.1. The summed E-state index contributed by atoms with van der Waals surface area (Å²) in [5.41, 5.74) is 1.97. The summed E-state index contributed by atoms with van der Waals surface area (Å²) in [6.07, 6.45) is 2.62. The van der Waals surface area contributed by atoms with Crippen molar-refractivity contribution in [2.24, 2.45) is 0 Å². The Labute approximate surface area is 182 Å². The summed E-state index contributed by atoms with van der Waals surface area (Å²) in [5.74, 6) is 1.28. The van der Waals surface area contributed by atoms with Gasteiger partial charge in [-0.3, -0.25) is 4.79 Å². The Morgan fingerprint density at radius 1 is 1.30 bits per heavy atom. The lowest BCUT2D eigenvalue weighted by atomic mass is 10.1. The van der Waals surface area contributed by atoms with E-state index in [9.17, 15) is 10.1 Å². The van der Waals surface area contributed by atoms with E-state index in [0.717, 1.165) is 19.5 Å². The molecule has 0 spiro atoms. The Balaban J connectivity index is 1.80. The zero-order valence-electron chi connectivity index (χ0n) is 16.4. The Hall–Kier alpha value is -2.96. The van der Waals surface area contributed by atoms with Crippen LogP contribution < -0.4 is 9.47 Å². The monoisotopic (exact) mass is 443 g/mol. The number of aromatic amines is 1. The van der Waals surface area contributed by atoms with Crippen molar-refractivity contribution in [2.45, 2.75) is 11.6 Å². The highest BCUT2D eigenvalue weighted by Gasteiger charge is 2.23. The highest BCUT2D eigenvalue weighted by molar-refractivity contribution is 7.99. The fourth-order valence-corrected chi connectivity index (χ4v) is 4.17. The Bertz CT molecular complexity index is 1170. The van der Waals surface area contributed by atoms with Crippen LogP contribution in [0, 0.1) is 11.3 Å². The van der Waals surface area contributed by atoms with Gasteiger partial charge >= 0.3 is 0 Å². The molecular weight excluding hydrogens is 426 g/mol. The third kappa shape index (κ3) is 3.64. The number of nitrogens with one attached hydrogen (secondary N) is 1. The van der Waals surface area contributed by atoms with Crippen molar-refractivity contribution in [3.63, 3.8) is 0 Å². The van der Waals surface area contributed by atoms with E-state index in [-0.39, 0.29) is 11.7 Å². The minimum absolute atomic E-state index is 0.0600. The number of amides is 1. The maximum Gasteiger partial charge on any atom is 0.233 e. The SMILES string of the molecule is COc1cc(Cl)c(-c2nc(SCC(=O)N3CCC3)nc3[nH]cc(C#N)c23)cc1OC. The van der Waals surface area contributed by atoms with Crippen LogP contribution in [0.3, 0.4) is 0 Å². The van der Waals surface area contributed by atoms with Crippen molar-refractivity contribution in [2.75, 3.05) is 33.1 Å². The number of thioether (sulfide) groups is 1. The number of nitriles is 1. The molecule has 1 aromatic carbocycles. The number of hydrogen-bond acceptors (Lipinski definition) is 7. The van der Waals surface area contributed by atoms with Gasteiger partial charge in [0.05, 0.1) is 41.6 Å². The van der Waals surface area contributed by atoms with Crippen LogP contribution in [-0.4, -0.2) is 58.8 Å². The summed E-state index contributed by atoms with van der Waals surface area (Å²) in [6.45, 7) is 1.60. The number of rotatable bonds is 6. The summed E-state index contributed by atoms with van der Waals surface area (Å²) >= 11 is 7.78. The quantitative estimate of drug-likeness (QED) is 0.459. The van der Waals surface area contributed by atoms with Gasteiger partial charge in [0.25, 0.3) is 0 Å². The molecule has 4 rings (SSSR count). The van der Waals surface area contributed by atoms with Gasteiger partial charge in [0, 0.05) is 30.9 Å². The molecule has 1 N–H and O–H groups in total. The fourth-order valence-electron chi connectivity index (χ4n) is 3.18. The standard InChI is InChI=1S/C20H18ClN5O3S/c1-28-14-6-12(13(21)7-15(14)29-2)18-17-11(8-22)9-23-19(17)25-20(24-18)30-10-16(27)26-4-3-5-26/h6-7,9H,3-5,10H2,1-2H3,(H,23,24,25). The van der Waals surface area contributed by atoms with Crippen molar-refractivity contribution in [1.29, 1.82) is 5.26 Å². The van der Waals surface area contributed by atoms with Gasteiger partial charge in [-0.15, -0.1) is 0 Å². The third-order valence-corrected chi connectivity index (χ3v) is 6.04. The number of H-pyrrole nitrogens is 1. The topological polar surface area (TPSA) is 104 Å². The Morgan fingerprint density at radius 3 is 2.67 bits per heavy atom. The number of halogens is 1. The minimum atomic E-state index is 0.0600. The van der Waals surface area contributed by atoms with Crippen LogP contribution >= 0.6 is 23.4 Å². The van der Waals surface area contributed by atoms with E-state index in [2.05, 4.69) is 21.0 Å². The van der Waals surface area contributed by atoms with Crippen molar-refractivity contribution in [3.05, 3.63) is 28.9 Å². The zero-order chi connectivity index (χ0) is 21.3. The van der Waals surface area contributed by atoms with Crippen LogP contribution in [0.2, 0.25) is 5.02 Å². The number of fused-ring (bicyclic) bond motifs is 1. The molecule has 10 heteroatoms. The van der Waals surface area contributed by atoms with E-state index in [1.54, 1.807) is 23.2 Å². The Morgan fingerprint density at radius 2 is 2.03 bits per heavy atom. The van der Waals surface area contributed by atoms with Crippen LogP contribution in [0.4, 0.5) is 0 Å². The number of methoxy groups -OCH3 is 2. The van der Waals surface area contributed by atoms with Crippen LogP contribution in [0.25, 0.3) is 22.3 Å².